The van der Waals surface area contributed by atoms with Gasteiger partial charge in [-0.3, -0.25) is 0 Å². The Hall–Kier alpha value is -4.07. The van der Waals surface area contributed by atoms with Crippen molar-refractivity contribution >= 4 is 17.1 Å². The molecule has 3 heterocycles. The van der Waals surface area contributed by atoms with Gasteiger partial charge in [-0.05, 0) is 35.9 Å². The van der Waals surface area contributed by atoms with E-state index in [9.17, 15) is 4.79 Å². The van der Waals surface area contributed by atoms with Crippen molar-refractivity contribution in [1.29, 1.82) is 0 Å². The number of aryl methyl sites for hydroxylation is 1. The average molecular weight is 417 g/mol. The van der Waals surface area contributed by atoms with Crippen molar-refractivity contribution in [2.75, 3.05) is 6.61 Å². The molecule has 1 aliphatic heterocycles. The fraction of sp³-hybridized carbons (Fsp3) is 0.174. The maximum atomic E-state index is 11.1. The number of hydrogen-bond acceptors (Lipinski definition) is 6. The second-order valence-corrected chi connectivity index (χ2v) is 7.17. The topological polar surface area (TPSA) is 95.7 Å². The van der Waals surface area contributed by atoms with E-state index in [0.717, 1.165) is 12.2 Å². The third-order valence-corrected chi connectivity index (χ3v) is 5.12. The zero-order valence-corrected chi connectivity index (χ0v) is 16.7. The van der Waals surface area contributed by atoms with Crippen LogP contribution in [-0.4, -0.2) is 32.2 Å². The fourth-order valence-corrected chi connectivity index (χ4v) is 3.48. The van der Waals surface area contributed by atoms with Gasteiger partial charge in [0.05, 0.1) is 12.2 Å². The van der Waals surface area contributed by atoms with Crippen molar-refractivity contribution in [3.8, 4) is 23.1 Å². The summed E-state index contributed by atoms with van der Waals surface area (Å²) in [5.74, 6) is 2.09. The largest absolute Gasteiger partial charge is 0.493 e. The highest BCUT2D eigenvalue weighted by Gasteiger charge is 2.15. The summed E-state index contributed by atoms with van der Waals surface area (Å²) in [4.78, 5) is 20.3. The van der Waals surface area contributed by atoms with Crippen LogP contribution in [0.4, 0.5) is 0 Å². The van der Waals surface area contributed by atoms with Gasteiger partial charge in [-0.15, -0.1) is 0 Å². The molecule has 0 saturated carbocycles. The summed E-state index contributed by atoms with van der Waals surface area (Å²) in [6.45, 7) is 0.873. The van der Waals surface area contributed by atoms with Gasteiger partial charge in [-0.1, -0.05) is 12.1 Å². The molecule has 4 aromatic rings. The molecule has 2 aromatic carbocycles. The minimum Gasteiger partial charge on any atom is -0.493 e. The van der Waals surface area contributed by atoms with Crippen molar-refractivity contribution in [2.24, 2.45) is 7.05 Å². The monoisotopic (exact) mass is 417 g/mol. The summed E-state index contributed by atoms with van der Waals surface area (Å²) >= 11 is 0. The number of carbonyl (C=O) groups is 1. The molecule has 1 aliphatic rings. The van der Waals surface area contributed by atoms with Gasteiger partial charge in [0.1, 0.15) is 35.2 Å². The Morgan fingerprint density at radius 1 is 1.13 bits per heavy atom. The molecule has 31 heavy (non-hydrogen) atoms. The van der Waals surface area contributed by atoms with Crippen LogP contribution in [0.1, 0.15) is 21.7 Å². The predicted molar refractivity (Wildman–Crippen MR) is 112 cm³/mol. The zero-order valence-electron chi connectivity index (χ0n) is 16.7. The maximum Gasteiger partial charge on any atom is 0.335 e. The van der Waals surface area contributed by atoms with Gasteiger partial charge in [0.15, 0.2) is 5.65 Å². The van der Waals surface area contributed by atoms with E-state index >= 15 is 0 Å². The quantitative estimate of drug-likeness (QED) is 0.507. The van der Waals surface area contributed by atoms with Crippen molar-refractivity contribution in [3.05, 3.63) is 71.5 Å². The van der Waals surface area contributed by atoms with Crippen LogP contribution in [0.2, 0.25) is 0 Å². The third-order valence-electron chi connectivity index (χ3n) is 5.12. The van der Waals surface area contributed by atoms with Crippen LogP contribution in [-0.2, 0) is 20.1 Å². The smallest absolute Gasteiger partial charge is 0.335 e. The van der Waals surface area contributed by atoms with Gasteiger partial charge >= 0.3 is 5.97 Å². The Labute approximate surface area is 177 Å². The highest BCUT2D eigenvalue weighted by Crippen LogP contribution is 2.31. The zero-order chi connectivity index (χ0) is 21.4. The van der Waals surface area contributed by atoms with Crippen molar-refractivity contribution in [3.63, 3.8) is 0 Å². The Morgan fingerprint density at radius 3 is 2.90 bits per heavy atom. The summed E-state index contributed by atoms with van der Waals surface area (Å²) in [7, 11) is 1.85. The number of pyridine rings is 1. The summed E-state index contributed by atoms with van der Waals surface area (Å²) < 4.78 is 19.1. The Kier molecular flexibility index (Phi) is 4.66. The summed E-state index contributed by atoms with van der Waals surface area (Å²) in [6.07, 6.45) is 0.917. The molecule has 0 saturated heterocycles. The van der Waals surface area contributed by atoms with Gasteiger partial charge in [0, 0.05) is 25.6 Å². The van der Waals surface area contributed by atoms with Gasteiger partial charge in [0.2, 0.25) is 5.88 Å². The Balaban J connectivity index is 1.35. The van der Waals surface area contributed by atoms with Crippen molar-refractivity contribution < 1.29 is 24.1 Å². The minimum absolute atomic E-state index is 0.169. The number of ether oxygens (including phenoxy) is 3. The first-order valence-corrected chi connectivity index (χ1v) is 9.79. The maximum absolute atomic E-state index is 11.1. The fourth-order valence-electron chi connectivity index (χ4n) is 3.48. The SMILES string of the molecule is Cn1c(COc2cccc(C(=O)O)c2)nc2ccc(Oc3ccc4c(c3)OCC4)nc21. The molecule has 8 heteroatoms. The lowest BCUT2D eigenvalue weighted by atomic mass is 10.2. The number of hydrogen-bond donors (Lipinski definition) is 1. The number of aromatic carboxylic acids is 1. The predicted octanol–water partition coefficient (Wildman–Crippen LogP) is 3.97. The molecule has 0 aliphatic carbocycles. The van der Waals surface area contributed by atoms with E-state index in [1.54, 1.807) is 18.2 Å². The first-order chi connectivity index (χ1) is 15.1. The normalized spacial score (nSPS) is 12.4. The molecule has 2 aromatic heterocycles. The van der Waals surface area contributed by atoms with Gasteiger partial charge in [-0.25, -0.2) is 9.78 Å². The first kappa shape index (κ1) is 18.9. The lowest BCUT2D eigenvalue weighted by Gasteiger charge is -2.08. The number of fused-ring (bicyclic) bond motifs is 2. The highest BCUT2D eigenvalue weighted by atomic mass is 16.5. The standard InChI is InChI=1S/C23H19N3O5/c1-26-20(13-30-16-4-2-3-15(11-16)23(27)28)24-18-7-8-21(25-22(18)26)31-17-6-5-14-9-10-29-19(14)12-17/h2-8,11-12H,9-10,13H2,1H3,(H,27,28). The molecular weight excluding hydrogens is 398 g/mol. The van der Waals surface area contributed by atoms with E-state index in [4.69, 9.17) is 19.3 Å². The molecule has 156 valence electrons. The second-order valence-electron chi connectivity index (χ2n) is 7.17. The van der Waals surface area contributed by atoms with Gasteiger partial charge in [-0.2, -0.15) is 4.98 Å². The van der Waals surface area contributed by atoms with Crippen LogP contribution in [0.3, 0.4) is 0 Å². The van der Waals surface area contributed by atoms with Gasteiger partial charge in [0.25, 0.3) is 0 Å². The van der Waals surface area contributed by atoms with Crippen LogP contribution >= 0.6 is 0 Å². The number of aromatic nitrogens is 3. The summed E-state index contributed by atoms with van der Waals surface area (Å²) in [5.41, 5.74) is 2.72. The molecule has 1 N–H and O–H groups in total. The van der Waals surface area contributed by atoms with E-state index in [0.29, 0.717) is 41.0 Å². The van der Waals surface area contributed by atoms with E-state index in [-0.39, 0.29) is 12.2 Å². The number of rotatable bonds is 6. The second kappa shape index (κ2) is 7.64. The number of carboxylic acids is 1. The molecule has 0 fully saturated rings. The molecule has 0 spiro atoms. The van der Waals surface area contributed by atoms with Crippen LogP contribution < -0.4 is 14.2 Å². The minimum atomic E-state index is -1.00. The molecule has 0 amide bonds. The number of nitrogens with zero attached hydrogens (tertiary/aromatic N) is 3. The van der Waals surface area contributed by atoms with E-state index in [1.165, 1.54) is 17.7 Å². The highest BCUT2D eigenvalue weighted by molar-refractivity contribution is 5.88. The van der Waals surface area contributed by atoms with Crippen molar-refractivity contribution in [1.82, 2.24) is 14.5 Å². The van der Waals surface area contributed by atoms with Crippen LogP contribution in [0.5, 0.6) is 23.1 Å². The van der Waals surface area contributed by atoms with E-state index < -0.39 is 5.97 Å². The number of carboxylic acid groups (broad SMARTS) is 1. The third kappa shape index (κ3) is 3.75. The Morgan fingerprint density at radius 2 is 2.03 bits per heavy atom. The van der Waals surface area contributed by atoms with Gasteiger partial charge < -0.3 is 23.9 Å². The molecule has 0 bridgehead atoms. The lowest BCUT2D eigenvalue weighted by Crippen LogP contribution is -2.04. The van der Waals surface area contributed by atoms with Crippen LogP contribution in [0.25, 0.3) is 11.2 Å². The average Bonchev–Trinajstić information content (AvgIpc) is 3.36. The van der Waals surface area contributed by atoms with Crippen LogP contribution in [0, 0.1) is 0 Å². The van der Waals surface area contributed by atoms with Crippen LogP contribution in [0.15, 0.2) is 54.6 Å². The number of imidazole rings is 1. The molecule has 0 atom stereocenters. The van der Waals surface area contributed by atoms with E-state index in [2.05, 4.69) is 9.97 Å². The molecular formula is C23H19N3O5. The number of benzene rings is 2. The van der Waals surface area contributed by atoms with Crippen molar-refractivity contribution in [2.45, 2.75) is 13.0 Å². The lowest BCUT2D eigenvalue weighted by molar-refractivity contribution is 0.0696. The Bertz CT molecular complexity index is 1300. The molecule has 0 radical (unpaired) electrons. The molecule has 0 unspecified atom stereocenters. The summed E-state index contributed by atoms with van der Waals surface area (Å²) in [5, 5.41) is 9.11. The first-order valence-electron chi connectivity index (χ1n) is 9.79. The van der Waals surface area contributed by atoms with E-state index in [1.807, 2.05) is 35.9 Å². The molecule has 5 rings (SSSR count). The molecule has 8 nitrogen and oxygen atoms in total. The summed E-state index contributed by atoms with van der Waals surface area (Å²) in [6, 6.07) is 15.8.